The minimum Gasteiger partial charge on any atom is -0.497 e. The van der Waals surface area contributed by atoms with Crippen molar-refractivity contribution < 1.29 is 19.1 Å². The van der Waals surface area contributed by atoms with Crippen LogP contribution in [-0.4, -0.2) is 48.7 Å². The zero-order valence-electron chi connectivity index (χ0n) is 14.8. The van der Waals surface area contributed by atoms with Gasteiger partial charge >= 0.3 is 5.97 Å². The SMILES string of the molecule is COC(=O)[C@H]1CSCN1C(=O)C1(c2ccc(OC)cc2)CCCCC1. The Kier molecular flexibility index (Phi) is 5.57. The molecular weight excluding hydrogens is 338 g/mol. The summed E-state index contributed by atoms with van der Waals surface area (Å²) in [7, 11) is 3.02. The van der Waals surface area contributed by atoms with Gasteiger partial charge in [-0.1, -0.05) is 31.4 Å². The lowest BCUT2D eigenvalue weighted by atomic mass is 9.68. The zero-order chi connectivity index (χ0) is 17.9. The maximum absolute atomic E-state index is 13.6. The van der Waals surface area contributed by atoms with Crippen molar-refractivity contribution in [3.05, 3.63) is 29.8 Å². The highest BCUT2D eigenvalue weighted by molar-refractivity contribution is 7.99. The third kappa shape index (κ3) is 3.36. The molecule has 1 aromatic rings. The number of ether oxygens (including phenoxy) is 2. The van der Waals surface area contributed by atoms with Gasteiger partial charge in [0.1, 0.15) is 11.8 Å². The lowest BCUT2D eigenvalue weighted by molar-refractivity contribution is -0.153. The molecule has 0 aromatic heterocycles. The second-order valence-corrected chi connectivity index (χ2v) is 7.68. The first kappa shape index (κ1) is 18.1. The summed E-state index contributed by atoms with van der Waals surface area (Å²) < 4.78 is 10.2. The lowest BCUT2D eigenvalue weighted by Gasteiger charge is -2.40. The number of hydrogen-bond acceptors (Lipinski definition) is 5. The number of esters is 1. The molecule has 1 amide bonds. The van der Waals surface area contributed by atoms with Gasteiger partial charge in [-0.15, -0.1) is 11.8 Å². The van der Waals surface area contributed by atoms with Gasteiger partial charge in [0, 0.05) is 5.75 Å². The van der Waals surface area contributed by atoms with Gasteiger partial charge in [-0.05, 0) is 30.5 Å². The fraction of sp³-hybridized carbons (Fsp3) is 0.579. The molecule has 0 bridgehead atoms. The van der Waals surface area contributed by atoms with E-state index >= 15 is 0 Å². The number of benzene rings is 1. The summed E-state index contributed by atoms with van der Waals surface area (Å²) in [6, 6.07) is 7.35. The van der Waals surface area contributed by atoms with Crippen LogP contribution in [0.3, 0.4) is 0 Å². The Morgan fingerprint density at radius 1 is 1.12 bits per heavy atom. The van der Waals surface area contributed by atoms with Crippen molar-refractivity contribution in [2.75, 3.05) is 25.8 Å². The standard InChI is InChI=1S/C19H25NO4S/c1-23-15-8-6-14(7-9-15)19(10-4-3-5-11-19)18(22)20-13-25-12-16(20)17(21)24-2/h6-9,16H,3-5,10-13H2,1-2H3/t16-/m1/s1. The molecule has 0 spiro atoms. The Bertz CT molecular complexity index is 625. The fourth-order valence-corrected chi connectivity index (χ4v) is 5.08. The predicted molar refractivity (Wildman–Crippen MR) is 97.7 cm³/mol. The molecular formula is C19H25NO4S. The van der Waals surface area contributed by atoms with Crippen molar-refractivity contribution in [1.29, 1.82) is 0 Å². The molecule has 1 aromatic carbocycles. The summed E-state index contributed by atoms with van der Waals surface area (Å²) in [4.78, 5) is 27.4. The summed E-state index contributed by atoms with van der Waals surface area (Å²) in [5.41, 5.74) is 0.486. The largest absolute Gasteiger partial charge is 0.497 e. The molecule has 136 valence electrons. The smallest absolute Gasteiger partial charge is 0.329 e. The van der Waals surface area contributed by atoms with E-state index in [1.165, 1.54) is 7.11 Å². The summed E-state index contributed by atoms with van der Waals surface area (Å²) in [6.45, 7) is 0. The average Bonchev–Trinajstić information content (AvgIpc) is 3.17. The molecule has 2 aliphatic rings. The zero-order valence-corrected chi connectivity index (χ0v) is 15.6. The molecule has 5 nitrogen and oxygen atoms in total. The molecule has 1 saturated heterocycles. The van der Waals surface area contributed by atoms with Gasteiger partial charge in [0.15, 0.2) is 0 Å². The van der Waals surface area contributed by atoms with E-state index in [1.54, 1.807) is 23.8 Å². The van der Waals surface area contributed by atoms with Crippen LogP contribution >= 0.6 is 11.8 Å². The molecule has 1 atom stereocenters. The minimum absolute atomic E-state index is 0.0674. The highest BCUT2D eigenvalue weighted by Crippen LogP contribution is 2.43. The number of carbonyl (C=O) groups excluding carboxylic acids is 2. The van der Waals surface area contributed by atoms with Crippen LogP contribution in [0.2, 0.25) is 0 Å². The van der Waals surface area contributed by atoms with Crippen LogP contribution in [0.4, 0.5) is 0 Å². The third-order valence-corrected chi connectivity index (χ3v) is 6.39. The van der Waals surface area contributed by atoms with Crippen molar-refractivity contribution in [2.45, 2.75) is 43.6 Å². The Balaban J connectivity index is 1.94. The normalized spacial score (nSPS) is 22.5. The van der Waals surface area contributed by atoms with E-state index in [0.29, 0.717) is 11.6 Å². The highest BCUT2D eigenvalue weighted by Gasteiger charge is 2.47. The second kappa shape index (κ2) is 7.68. The van der Waals surface area contributed by atoms with Crippen LogP contribution in [0.15, 0.2) is 24.3 Å². The van der Waals surface area contributed by atoms with E-state index in [-0.39, 0.29) is 11.9 Å². The van der Waals surface area contributed by atoms with Gasteiger partial charge in [0.05, 0.1) is 25.5 Å². The van der Waals surface area contributed by atoms with Gasteiger partial charge in [0.25, 0.3) is 0 Å². The third-order valence-electron chi connectivity index (χ3n) is 5.38. The molecule has 1 heterocycles. The molecule has 0 unspecified atom stereocenters. The number of methoxy groups -OCH3 is 2. The molecule has 1 aliphatic heterocycles. The van der Waals surface area contributed by atoms with Crippen molar-refractivity contribution in [3.63, 3.8) is 0 Å². The van der Waals surface area contributed by atoms with Gasteiger partial charge in [-0.3, -0.25) is 4.79 Å². The molecule has 25 heavy (non-hydrogen) atoms. The van der Waals surface area contributed by atoms with Gasteiger partial charge in [-0.25, -0.2) is 4.79 Å². The van der Waals surface area contributed by atoms with Crippen LogP contribution in [-0.2, 0) is 19.7 Å². The topological polar surface area (TPSA) is 55.8 Å². The van der Waals surface area contributed by atoms with E-state index in [2.05, 4.69) is 0 Å². The molecule has 1 saturated carbocycles. The summed E-state index contributed by atoms with van der Waals surface area (Å²) in [6.07, 6.45) is 4.87. The monoisotopic (exact) mass is 363 g/mol. The fourth-order valence-electron chi connectivity index (χ4n) is 3.94. The van der Waals surface area contributed by atoms with E-state index in [1.807, 2.05) is 24.3 Å². The first-order valence-electron chi connectivity index (χ1n) is 8.73. The van der Waals surface area contributed by atoms with E-state index in [0.717, 1.165) is 43.4 Å². The number of nitrogens with zero attached hydrogens (tertiary/aromatic N) is 1. The second-order valence-electron chi connectivity index (χ2n) is 6.69. The predicted octanol–water partition coefficient (Wildman–Crippen LogP) is 2.97. The van der Waals surface area contributed by atoms with Crippen LogP contribution in [0.1, 0.15) is 37.7 Å². The van der Waals surface area contributed by atoms with Gasteiger partial charge < -0.3 is 14.4 Å². The summed E-state index contributed by atoms with van der Waals surface area (Å²) >= 11 is 1.61. The number of rotatable bonds is 4. The van der Waals surface area contributed by atoms with Crippen molar-refractivity contribution in [3.8, 4) is 5.75 Å². The molecule has 2 fully saturated rings. The number of thioether (sulfide) groups is 1. The first-order valence-corrected chi connectivity index (χ1v) is 9.89. The average molecular weight is 363 g/mol. The van der Waals surface area contributed by atoms with Crippen molar-refractivity contribution in [2.24, 2.45) is 0 Å². The van der Waals surface area contributed by atoms with E-state index in [4.69, 9.17) is 9.47 Å². The summed E-state index contributed by atoms with van der Waals surface area (Å²) in [5, 5.41) is 0. The first-order chi connectivity index (χ1) is 12.1. The molecule has 6 heteroatoms. The Morgan fingerprint density at radius 3 is 2.40 bits per heavy atom. The van der Waals surface area contributed by atoms with Crippen molar-refractivity contribution >= 4 is 23.6 Å². The summed E-state index contributed by atoms with van der Waals surface area (Å²) in [5.74, 6) is 1.69. The van der Waals surface area contributed by atoms with Crippen LogP contribution in [0.5, 0.6) is 5.75 Å². The van der Waals surface area contributed by atoms with Gasteiger partial charge in [-0.2, -0.15) is 0 Å². The Labute approximate surface area is 153 Å². The highest BCUT2D eigenvalue weighted by atomic mass is 32.2. The van der Waals surface area contributed by atoms with Crippen molar-refractivity contribution in [1.82, 2.24) is 4.90 Å². The maximum atomic E-state index is 13.6. The molecule has 3 rings (SSSR count). The Hall–Kier alpha value is -1.69. The van der Waals surface area contributed by atoms with Crippen LogP contribution in [0.25, 0.3) is 0 Å². The number of amides is 1. The lowest BCUT2D eigenvalue weighted by Crippen LogP contribution is -2.52. The quantitative estimate of drug-likeness (QED) is 0.770. The van der Waals surface area contributed by atoms with E-state index in [9.17, 15) is 9.59 Å². The molecule has 0 radical (unpaired) electrons. The molecule has 1 aliphatic carbocycles. The maximum Gasteiger partial charge on any atom is 0.329 e. The van der Waals surface area contributed by atoms with E-state index < -0.39 is 11.5 Å². The van der Waals surface area contributed by atoms with Crippen LogP contribution < -0.4 is 4.74 Å². The minimum atomic E-state index is -0.540. The molecule has 0 N–H and O–H groups in total. The number of carbonyl (C=O) groups is 2. The Morgan fingerprint density at radius 2 is 1.80 bits per heavy atom. The van der Waals surface area contributed by atoms with Crippen LogP contribution in [0, 0.1) is 0 Å². The number of hydrogen-bond donors (Lipinski definition) is 0. The van der Waals surface area contributed by atoms with Gasteiger partial charge in [0.2, 0.25) is 5.91 Å².